The highest BCUT2D eigenvalue weighted by molar-refractivity contribution is 9.10. The highest BCUT2D eigenvalue weighted by Gasteiger charge is 2.35. The first-order valence-electron chi connectivity index (χ1n) is 13.4. The summed E-state index contributed by atoms with van der Waals surface area (Å²) in [7, 11) is 2.10. The lowest BCUT2D eigenvalue weighted by Gasteiger charge is -2.39. The van der Waals surface area contributed by atoms with Crippen LogP contribution in [0.5, 0.6) is 5.88 Å². The molecule has 0 radical (unpaired) electrons. The van der Waals surface area contributed by atoms with Crippen LogP contribution in [-0.2, 0) is 11.8 Å². The third-order valence-electron chi connectivity index (χ3n) is 7.98. The Morgan fingerprint density at radius 2 is 1.67 bits per heavy atom. The second-order valence-electron chi connectivity index (χ2n) is 10.4. The number of aromatic nitrogens is 5. The molecule has 8 nitrogen and oxygen atoms in total. The van der Waals surface area contributed by atoms with Gasteiger partial charge in [0.2, 0.25) is 5.88 Å². The number of fused-ring (bicyclic) bond motifs is 3. The van der Waals surface area contributed by atoms with Gasteiger partial charge in [0.25, 0.3) is 0 Å². The van der Waals surface area contributed by atoms with Crippen molar-refractivity contribution in [3.8, 4) is 17.0 Å². The fourth-order valence-corrected chi connectivity index (χ4v) is 6.04. The largest absolute Gasteiger partial charge is 0.474 e. The Bertz CT molecular complexity index is 1620. The van der Waals surface area contributed by atoms with Crippen LogP contribution in [0.3, 0.4) is 0 Å². The molecule has 7 rings (SSSR count). The Kier molecular flexibility index (Phi) is 6.40. The highest BCUT2D eigenvalue weighted by atomic mass is 79.9. The van der Waals surface area contributed by atoms with Gasteiger partial charge < -0.3 is 18.9 Å². The minimum Gasteiger partial charge on any atom is -0.474 e. The monoisotopic (exact) mass is 584 g/mol. The van der Waals surface area contributed by atoms with Crippen molar-refractivity contribution in [3.63, 3.8) is 0 Å². The molecule has 198 valence electrons. The van der Waals surface area contributed by atoms with Gasteiger partial charge in [-0.3, -0.25) is 4.98 Å². The Morgan fingerprint density at radius 1 is 0.821 bits per heavy atom. The first-order chi connectivity index (χ1) is 19.1. The zero-order chi connectivity index (χ0) is 26.3. The number of rotatable bonds is 6. The van der Waals surface area contributed by atoms with Crippen LogP contribution < -0.4 is 9.64 Å². The van der Waals surface area contributed by atoms with Gasteiger partial charge in [-0.05, 0) is 58.6 Å². The summed E-state index contributed by atoms with van der Waals surface area (Å²) < 4.78 is 15.4. The summed E-state index contributed by atoms with van der Waals surface area (Å²) in [5.41, 5.74) is 4.58. The molecule has 1 aliphatic heterocycles. The van der Waals surface area contributed by atoms with Crippen molar-refractivity contribution in [1.29, 1.82) is 0 Å². The van der Waals surface area contributed by atoms with Gasteiger partial charge in [-0.2, -0.15) is 0 Å². The number of pyridine rings is 2. The van der Waals surface area contributed by atoms with E-state index in [9.17, 15) is 0 Å². The number of nitrogens with zero attached hydrogens (tertiary/aromatic N) is 6. The summed E-state index contributed by atoms with van der Waals surface area (Å²) >= 11 is 3.36. The molecule has 0 bridgehead atoms. The van der Waals surface area contributed by atoms with E-state index in [1.165, 1.54) is 21.8 Å². The van der Waals surface area contributed by atoms with Crippen LogP contribution in [-0.4, -0.2) is 55.9 Å². The van der Waals surface area contributed by atoms with Crippen LogP contribution in [0.15, 0.2) is 72.0 Å². The number of anilines is 1. The number of hydrogen-bond donors (Lipinski definition) is 0. The Hall–Kier alpha value is -3.56. The summed E-state index contributed by atoms with van der Waals surface area (Å²) in [6, 6.07) is 14.6. The van der Waals surface area contributed by atoms with Gasteiger partial charge in [-0.1, -0.05) is 12.1 Å². The van der Waals surface area contributed by atoms with Gasteiger partial charge in [0.15, 0.2) is 4.73 Å². The molecule has 1 aromatic carbocycles. The van der Waals surface area contributed by atoms with E-state index in [0.717, 1.165) is 55.7 Å². The predicted octanol–water partition coefficient (Wildman–Crippen LogP) is 5.94. The maximum atomic E-state index is 6.37. The summed E-state index contributed by atoms with van der Waals surface area (Å²) in [6.07, 6.45) is 12.0. The molecule has 0 unspecified atom stereocenters. The van der Waals surface area contributed by atoms with Gasteiger partial charge >= 0.3 is 0 Å². The molecule has 5 aromatic rings. The molecule has 2 fully saturated rings. The van der Waals surface area contributed by atoms with E-state index < -0.39 is 0 Å². The Labute approximate surface area is 235 Å². The summed E-state index contributed by atoms with van der Waals surface area (Å²) in [4.78, 5) is 19.8. The third-order valence-corrected chi connectivity index (χ3v) is 8.36. The normalized spacial score (nSPS) is 19.9. The SMILES string of the molecule is Cn1c2ccncc2c2ccc(-c3ccc(O[C@H]4C[C@H](OC5CCN(c6ccnc(Br)n6)CC5)C4)nc3)cc21. The maximum Gasteiger partial charge on any atom is 0.213 e. The molecule has 4 aromatic heterocycles. The van der Waals surface area contributed by atoms with Gasteiger partial charge in [0, 0.05) is 85.7 Å². The van der Waals surface area contributed by atoms with Crippen LogP contribution in [0, 0.1) is 0 Å². The maximum absolute atomic E-state index is 6.37. The van der Waals surface area contributed by atoms with Crippen LogP contribution in [0.4, 0.5) is 5.82 Å². The van der Waals surface area contributed by atoms with E-state index in [0.29, 0.717) is 16.7 Å². The van der Waals surface area contributed by atoms with Crippen LogP contribution >= 0.6 is 15.9 Å². The molecule has 1 saturated heterocycles. The van der Waals surface area contributed by atoms with Crippen molar-refractivity contribution < 1.29 is 9.47 Å². The molecule has 2 aliphatic rings. The van der Waals surface area contributed by atoms with Crippen LogP contribution in [0.1, 0.15) is 25.7 Å². The van der Waals surface area contributed by atoms with Gasteiger partial charge in [-0.25, -0.2) is 15.0 Å². The average molecular weight is 586 g/mol. The first kappa shape index (κ1) is 24.5. The third kappa shape index (κ3) is 4.85. The van der Waals surface area contributed by atoms with Gasteiger partial charge in [0.05, 0.1) is 17.7 Å². The molecule has 0 spiro atoms. The zero-order valence-corrected chi connectivity index (χ0v) is 23.3. The number of benzene rings is 1. The highest BCUT2D eigenvalue weighted by Crippen LogP contribution is 2.33. The predicted molar refractivity (Wildman–Crippen MR) is 155 cm³/mol. The van der Waals surface area contributed by atoms with Crippen molar-refractivity contribution in [1.82, 2.24) is 24.5 Å². The van der Waals surface area contributed by atoms with Crippen molar-refractivity contribution >= 4 is 43.6 Å². The van der Waals surface area contributed by atoms with Crippen molar-refractivity contribution in [3.05, 3.63) is 72.0 Å². The van der Waals surface area contributed by atoms with Gasteiger partial charge in [0.1, 0.15) is 11.9 Å². The lowest BCUT2D eigenvalue weighted by Crippen LogP contribution is -2.44. The Balaban J connectivity index is 0.918. The number of hydrogen-bond acceptors (Lipinski definition) is 7. The molecular formula is C30H29BrN6O2. The Morgan fingerprint density at radius 3 is 2.46 bits per heavy atom. The molecule has 0 atom stereocenters. The van der Waals surface area contributed by atoms with Crippen LogP contribution in [0.2, 0.25) is 0 Å². The fraction of sp³-hybridized carbons (Fsp3) is 0.333. The average Bonchev–Trinajstić information content (AvgIpc) is 3.24. The van der Waals surface area contributed by atoms with E-state index >= 15 is 0 Å². The summed E-state index contributed by atoms with van der Waals surface area (Å²) in [5.74, 6) is 1.64. The summed E-state index contributed by atoms with van der Waals surface area (Å²) in [6.45, 7) is 1.89. The molecule has 0 amide bonds. The molecular weight excluding hydrogens is 556 g/mol. The van der Waals surface area contributed by atoms with Crippen molar-refractivity contribution in [2.24, 2.45) is 7.05 Å². The van der Waals surface area contributed by atoms with Crippen molar-refractivity contribution in [2.75, 3.05) is 18.0 Å². The molecule has 1 saturated carbocycles. The standard InChI is InChI=1S/C30H29BrN6O2/c1-36-26-6-10-32-18-25(26)24-4-2-19(14-27(24)36)20-3-5-29(34-17-20)39-23-15-22(16-23)38-21-8-12-37(13-9-21)28-7-11-33-30(31)35-28/h2-7,10-11,14,17-18,21-23H,8-9,12-13,15-16H2,1H3/t22-,23-. The molecule has 1 aliphatic carbocycles. The second kappa shape index (κ2) is 10.2. The van der Waals surface area contributed by atoms with Gasteiger partial charge in [-0.15, -0.1) is 0 Å². The van der Waals surface area contributed by atoms with E-state index in [4.69, 9.17) is 9.47 Å². The molecule has 0 N–H and O–H groups in total. The molecule has 9 heteroatoms. The lowest BCUT2D eigenvalue weighted by atomic mass is 9.91. The fourth-order valence-electron chi connectivity index (χ4n) is 5.74. The number of aryl methyl sites for hydroxylation is 1. The number of piperidine rings is 1. The zero-order valence-electron chi connectivity index (χ0n) is 21.7. The quantitative estimate of drug-likeness (QED) is 0.229. The topological polar surface area (TPSA) is 78.2 Å². The molecule has 5 heterocycles. The first-order valence-corrected chi connectivity index (χ1v) is 14.2. The second-order valence-corrected chi connectivity index (χ2v) is 11.1. The van der Waals surface area contributed by atoms with E-state index in [-0.39, 0.29) is 12.2 Å². The van der Waals surface area contributed by atoms with E-state index in [2.05, 4.69) is 82.7 Å². The van der Waals surface area contributed by atoms with Crippen molar-refractivity contribution in [2.45, 2.75) is 44.0 Å². The van der Waals surface area contributed by atoms with E-state index in [1.807, 2.05) is 30.7 Å². The van der Waals surface area contributed by atoms with Crippen LogP contribution in [0.25, 0.3) is 32.9 Å². The van der Waals surface area contributed by atoms with E-state index in [1.54, 1.807) is 6.20 Å². The number of halogens is 1. The number of ether oxygens (including phenoxy) is 2. The smallest absolute Gasteiger partial charge is 0.213 e. The summed E-state index contributed by atoms with van der Waals surface area (Å²) in [5, 5.41) is 2.39. The molecule has 39 heavy (non-hydrogen) atoms. The minimum absolute atomic E-state index is 0.160. The minimum atomic E-state index is 0.160. The lowest BCUT2D eigenvalue weighted by molar-refractivity contribution is -0.102.